The van der Waals surface area contributed by atoms with Crippen molar-refractivity contribution in [2.75, 3.05) is 12.3 Å². The van der Waals surface area contributed by atoms with E-state index in [0.29, 0.717) is 18.9 Å². The largest absolute Gasteiger partial charge is 0.337 e. The van der Waals surface area contributed by atoms with Gasteiger partial charge < -0.3 is 4.90 Å². The molecule has 2 fully saturated rings. The number of pyridine rings is 1. The minimum Gasteiger partial charge on any atom is -0.337 e. The zero-order chi connectivity index (χ0) is 18.7. The molecule has 1 spiro atoms. The first-order valence-corrected chi connectivity index (χ1v) is 11.0. The number of amides is 1. The van der Waals surface area contributed by atoms with Crippen molar-refractivity contribution in [3.05, 3.63) is 66.0 Å². The molecule has 142 valence electrons. The molecule has 4 heteroatoms. The van der Waals surface area contributed by atoms with Crippen molar-refractivity contribution < 1.29 is 4.79 Å². The Morgan fingerprint density at radius 3 is 2.70 bits per heavy atom. The third-order valence-corrected chi connectivity index (χ3v) is 8.29. The molecule has 0 bridgehead atoms. The molecule has 1 aromatic heterocycles. The standard InChI is InChI=1S/C23H28N2OS/c1-22(20-9-3-2-4-10-20)11-5-6-12-23(22)16-21(26)25(14-15-27-23)18-19-8-7-13-24-17-19/h2-4,7-10,13,17H,5-6,11-12,14-16,18H2,1H3/t22-,23-/m0/s1. The van der Waals surface area contributed by atoms with Crippen LogP contribution in [-0.2, 0) is 16.8 Å². The van der Waals surface area contributed by atoms with Gasteiger partial charge in [-0.15, -0.1) is 0 Å². The van der Waals surface area contributed by atoms with Crippen LogP contribution in [0.2, 0.25) is 0 Å². The van der Waals surface area contributed by atoms with Crippen molar-refractivity contribution in [3.63, 3.8) is 0 Å². The molecule has 2 aromatic rings. The van der Waals surface area contributed by atoms with Crippen molar-refractivity contribution in [1.29, 1.82) is 0 Å². The first-order chi connectivity index (χ1) is 13.1. The summed E-state index contributed by atoms with van der Waals surface area (Å²) in [6, 6.07) is 14.9. The third-order valence-electron chi connectivity index (χ3n) is 6.55. The van der Waals surface area contributed by atoms with Gasteiger partial charge in [-0.1, -0.05) is 56.2 Å². The molecule has 0 N–H and O–H groups in total. The van der Waals surface area contributed by atoms with Gasteiger partial charge in [0.05, 0.1) is 0 Å². The fourth-order valence-corrected chi connectivity index (χ4v) is 6.64. The van der Waals surface area contributed by atoms with Crippen LogP contribution in [0.25, 0.3) is 0 Å². The Kier molecular flexibility index (Phi) is 5.27. The predicted octanol–water partition coefficient (Wildman–Crippen LogP) is 4.82. The van der Waals surface area contributed by atoms with Crippen LogP contribution in [0.15, 0.2) is 54.9 Å². The number of hydrogen-bond acceptors (Lipinski definition) is 3. The Morgan fingerprint density at radius 2 is 1.93 bits per heavy atom. The number of carbonyl (C=O) groups excluding carboxylic acids is 1. The Labute approximate surface area is 166 Å². The second kappa shape index (κ2) is 7.67. The van der Waals surface area contributed by atoms with E-state index >= 15 is 0 Å². The summed E-state index contributed by atoms with van der Waals surface area (Å²) in [7, 11) is 0. The van der Waals surface area contributed by atoms with E-state index in [0.717, 1.165) is 24.3 Å². The molecule has 2 aliphatic rings. The van der Waals surface area contributed by atoms with E-state index in [9.17, 15) is 4.79 Å². The second-order valence-corrected chi connectivity index (χ2v) is 9.58. The van der Waals surface area contributed by atoms with Crippen molar-refractivity contribution >= 4 is 17.7 Å². The second-order valence-electron chi connectivity index (χ2n) is 8.10. The Balaban J connectivity index is 1.61. The molecule has 1 saturated heterocycles. The number of carbonyl (C=O) groups is 1. The van der Waals surface area contributed by atoms with E-state index in [2.05, 4.69) is 48.3 Å². The van der Waals surface area contributed by atoms with Crippen molar-refractivity contribution in [1.82, 2.24) is 9.88 Å². The van der Waals surface area contributed by atoms with Crippen LogP contribution in [0.5, 0.6) is 0 Å². The molecule has 1 aliphatic carbocycles. The van der Waals surface area contributed by atoms with Gasteiger partial charge in [0.25, 0.3) is 0 Å². The fourth-order valence-electron chi connectivity index (χ4n) is 4.88. The van der Waals surface area contributed by atoms with Gasteiger partial charge in [-0.3, -0.25) is 9.78 Å². The number of hydrogen-bond donors (Lipinski definition) is 0. The highest BCUT2D eigenvalue weighted by molar-refractivity contribution is 8.00. The van der Waals surface area contributed by atoms with Crippen LogP contribution >= 0.6 is 11.8 Å². The molecule has 1 amide bonds. The summed E-state index contributed by atoms with van der Waals surface area (Å²) in [5.74, 6) is 1.31. The van der Waals surface area contributed by atoms with Gasteiger partial charge in [-0.2, -0.15) is 11.8 Å². The number of thioether (sulfide) groups is 1. The highest BCUT2D eigenvalue weighted by atomic mass is 32.2. The molecular formula is C23H28N2OS. The monoisotopic (exact) mass is 380 g/mol. The molecule has 0 radical (unpaired) electrons. The quantitative estimate of drug-likeness (QED) is 0.765. The summed E-state index contributed by atoms with van der Waals surface area (Å²) in [4.78, 5) is 19.5. The zero-order valence-electron chi connectivity index (χ0n) is 16.1. The molecule has 4 rings (SSSR count). The average molecular weight is 381 g/mol. The SMILES string of the molecule is C[C@@]1(c2ccccc2)CCCC[C@]12CC(=O)N(Cc1cccnc1)CCS2. The van der Waals surface area contributed by atoms with E-state index in [-0.39, 0.29) is 10.2 Å². The van der Waals surface area contributed by atoms with Gasteiger partial charge in [0.15, 0.2) is 0 Å². The molecule has 2 atom stereocenters. The van der Waals surface area contributed by atoms with Crippen LogP contribution in [0.4, 0.5) is 0 Å². The molecule has 0 unspecified atom stereocenters. The molecular weight excluding hydrogens is 352 g/mol. The summed E-state index contributed by atoms with van der Waals surface area (Å²) in [6.07, 6.45) is 9.08. The maximum atomic E-state index is 13.3. The van der Waals surface area contributed by atoms with Crippen molar-refractivity contribution in [2.24, 2.45) is 0 Å². The minimum absolute atomic E-state index is 0.00732. The zero-order valence-corrected chi connectivity index (χ0v) is 16.9. The summed E-state index contributed by atoms with van der Waals surface area (Å²) in [5.41, 5.74) is 2.56. The van der Waals surface area contributed by atoms with E-state index in [1.54, 1.807) is 6.20 Å². The topological polar surface area (TPSA) is 33.2 Å². The molecule has 1 aliphatic heterocycles. The van der Waals surface area contributed by atoms with Gasteiger partial charge >= 0.3 is 0 Å². The van der Waals surface area contributed by atoms with Gasteiger partial charge in [-0.05, 0) is 30.0 Å². The molecule has 2 heterocycles. The van der Waals surface area contributed by atoms with Gasteiger partial charge in [0.2, 0.25) is 5.91 Å². The highest BCUT2D eigenvalue weighted by Crippen LogP contribution is 2.56. The number of aromatic nitrogens is 1. The lowest BCUT2D eigenvalue weighted by atomic mass is 9.62. The van der Waals surface area contributed by atoms with Crippen molar-refractivity contribution in [2.45, 2.75) is 55.7 Å². The minimum atomic E-state index is 0.00732. The number of benzene rings is 1. The maximum Gasteiger partial charge on any atom is 0.224 e. The fraction of sp³-hybridized carbons (Fsp3) is 0.478. The van der Waals surface area contributed by atoms with E-state index < -0.39 is 0 Å². The summed E-state index contributed by atoms with van der Waals surface area (Å²) in [5, 5.41) is 0. The lowest BCUT2D eigenvalue weighted by molar-refractivity contribution is -0.132. The summed E-state index contributed by atoms with van der Waals surface area (Å²) in [6.45, 7) is 3.90. The molecule has 27 heavy (non-hydrogen) atoms. The van der Waals surface area contributed by atoms with Crippen molar-refractivity contribution in [3.8, 4) is 0 Å². The predicted molar refractivity (Wildman–Crippen MR) is 112 cm³/mol. The lowest BCUT2D eigenvalue weighted by Crippen LogP contribution is -2.51. The van der Waals surface area contributed by atoms with Crippen LogP contribution < -0.4 is 0 Å². The van der Waals surface area contributed by atoms with Gasteiger partial charge in [-0.25, -0.2) is 0 Å². The number of nitrogens with zero attached hydrogens (tertiary/aromatic N) is 2. The average Bonchev–Trinajstić information content (AvgIpc) is 2.86. The Hall–Kier alpha value is -1.81. The Bertz CT molecular complexity index is 781. The summed E-state index contributed by atoms with van der Waals surface area (Å²) < 4.78 is 0.00732. The maximum absolute atomic E-state index is 13.3. The van der Waals surface area contributed by atoms with Crippen LogP contribution in [-0.4, -0.2) is 32.8 Å². The number of rotatable bonds is 3. The molecule has 1 aromatic carbocycles. The van der Waals surface area contributed by atoms with Crippen LogP contribution in [0, 0.1) is 0 Å². The Morgan fingerprint density at radius 1 is 1.11 bits per heavy atom. The highest BCUT2D eigenvalue weighted by Gasteiger charge is 2.53. The molecule has 3 nitrogen and oxygen atoms in total. The smallest absolute Gasteiger partial charge is 0.224 e. The van der Waals surface area contributed by atoms with E-state index in [4.69, 9.17) is 0 Å². The first-order valence-electron chi connectivity index (χ1n) is 9.99. The van der Waals surface area contributed by atoms with E-state index in [1.807, 2.05) is 28.9 Å². The van der Waals surface area contributed by atoms with Gasteiger partial charge in [0, 0.05) is 47.8 Å². The normalized spacial score (nSPS) is 28.9. The molecule has 1 saturated carbocycles. The van der Waals surface area contributed by atoms with Gasteiger partial charge in [0.1, 0.15) is 0 Å². The van der Waals surface area contributed by atoms with E-state index in [1.165, 1.54) is 24.8 Å². The van der Waals surface area contributed by atoms with Crippen LogP contribution in [0.3, 0.4) is 0 Å². The van der Waals surface area contributed by atoms with Crippen LogP contribution in [0.1, 0.15) is 50.2 Å². The third kappa shape index (κ3) is 3.52. The first kappa shape index (κ1) is 18.5. The summed E-state index contributed by atoms with van der Waals surface area (Å²) >= 11 is 2.05. The lowest BCUT2D eigenvalue weighted by Gasteiger charge is -2.51.